The number of hydrogen-bond acceptors (Lipinski definition) is 2. The van der Waals surface area contributed by atoms with Crippen LogP contribution in [0.4, 0.5) is 4.39 Å². The largest absolute Gasteiger partial charge is 0.217 e. The summed E-state index contributed by atoms with van der Waals surface area (Å²) in [4.78, 5) is 0. The van der Waals surface area contributed by atoms with Gasteiger partial charge in [0.05, 0.1) is 17.3 Å². The van der Waals surface area contributed by atoms with Gasteiger partial charge in [0.2, 0.25) is 0 Å². The highest BCUT2D eigenvalue weighted by Crippen LogP contribution is 2.17. The van der Waals surface area contributed by atoms with E-state index >= 15 is 0 Å². The van der Waals surface area contributed by atoms with Gasteiger partial charge in [-0.3, -0.25) is 0 Å². The SMILES string of the molecule is CCc1c(CCl)nnn1-c1ccc(C)c(F)c1. The maximum Gasteiger partial charge on any atom is 0.128 e. The van der Waals surface area contributed by atoms with Gasteiger partial charge in [-0.1, -0.05) is 18.2 Å². The van der Waals surface area contributed by atoms with Gasteiger partial charge in [0.1, 0.15) is 11.5 Å². The van der Waals surface area contributed by atoms with Gasteiger partial charge >= 0.3 is 0 Å². The van der Waals surface area contributed by atoms with Crippen LogP contribution in [0.3, 0.4) is 0 Å². The minimum atomic E-state index is -0.243. The fraction of sp³-hybridized carbons (Fsp3) is 0.333. The Kier molecular flexibility index (Phi) is 3.43. The van der Waals surface area contributed by atoms with Crippen molar-refractivity contribution in [3.05, 3.63) is 41.0 Å². The highest BCUT2D eigenvalue weighted by atomic mass is 35.5. The summed E-state index contributed by atoms with van der Waals surface area (Å²) in [6, 6.07) is 5.01. The Morgan fingerprint density at radius 1 is 1.41 bits per heavy atom. The van der Waals surface area contributed by atoms with Gasteiger partial charge in [-0.15, -0.1) is 16.7 Å². The van der Waals surface area contributed by atoms with Crippen LogP contribution in [-0.4, -0.2) is 15.0 Å². The molecule has 0 spiro atoms. The number of aryl methyl sites for hydroxylation is 1. The molecule has 0 fully saturated rings. The molecule has 2 rings (SSSR count). The molecule has 3 nitrogen and oxygen atoms in total. The first kappa shape index (κ1) is 12.0. The van der Waals surface area contributed by atoms with E-state index in [0.29, 0.717) is 17.1 Å². The first-order valence-corrected chi connectivity index (χ1v) is 5.96. The zero-order valence-electron chi connectivity index (χ0n) is 9.74. The van der Waals surface area contributed by atoms with E-state index in [0.717, 1.165) is 17.8 Å². The van der Waals surface area contributed by atoms with E-state index in [1.165, 1.54) is 6.07 Å². The van der Waals surface area contributed by atoms with Crippen molar-refractivity contribution in [1.29, 1.82) is 0 Å². The van der Waals surface area contributed by atoms with Gasteiger partial charge < -0.3 is 0 Å². The number of aromatic nitrogens is 3. The van der Waals surface area contributed by atoms with Crippen LogP contribution in [-0.2, 0) is 12.3 Å². The van der Waals surface area contributed by atoms with Crippen molar-refractivity contribution in [2.45, 2.75) is 26.1 Å². The summed E-state index contributed by atoms with van der Waals surface area (Å²) in [6.45, 7) is 3.72. The summed E-state index contributed by atoms with van der Waals surface area (Å²) in [5, 5.41) is 8.01. The van der Waals surface area contributed by atoms with Crippen molar-refractivity contribution >= 4 is 11.6 Å². The second kappa shape index (κ2) is 4.84. The summed E-state index contributed by atoms with van der Waals surface area (Å²) in [5.74, 6) is 0.0739. The molecule has 17 heavy (non-hydrogen) atoms. The van der Waals surface area contributed by atoms with Crippen LogP contribution in [0.5, 0.6) is 0 Å². The van der Waals surface area contributed by atoms with E-state index in [-0.39, 0.29) is 5.82 Å². The van der Waals surface area contributed by atoms with E-state index in [1.54, 1.807) is 17.7 Å². The van der Waals surface area contributed by atoms with E-state index in [4.69, 9.17) is 11.6 Å². The molecule has 1 aromatic carbocycles. The molecular weight excluding hydrogens is 241 g/mol. The van der Waals surface area contributed by atoms with Crippen LogP contribution in [0.2, 0.25) is 0 Å². The van der Waals surface area contributed by atoms with Crippen molar-refractivity contribution in [2.75, 3.05) is 0 Å². The first-order valence-electron chi connectivity index (χ1n) is 5.43. The molecule has 0 aliphatic heterocycles. The Labute approximate surface area is 104 Å². The molecule has 0 unspecified atom stereocenters. The Hall–Kier alpha value is -1.42. The van der Waals surface area contributed by atoms with Crippen LogP contribution in [0.25, 0.3) is 5.69 Å². The zero-order valence-corrected chi connectivity index (χ0v) is 10.5. The Morgan fingerprint density at radius 3 is 2.76 bits per heavy atom. The summed E-state index contributed by atoms with van der Waals surface area (Å²) in [7, 11) is 0. The number of rotatable bonds is 3. The number of halogens is 2. The van der Waals surface area contributed by atoms with E-state index < -0.39 is 0 Å². The van der Waals surface area contributed by atoms with Crippen molar-refractivity contribution in [2.24, 2.45) is 0 Å². The Balaban J connectivity index is 2.52. The highest BCUT2D eigenvalue weighted by Gasteiger charge is 2.12. The maximum absolute atomic E-state index is 13.5. The van der Waals surface area contributed by atoms with Gasteiger partial charge in [-0.05, 0) is 31.0 Å². The second-order valence-electron chi connectivity index (χ2n) is 3.82. The smallest absolute Gasteiger partial charge is 0.128 e. The standard InChI is InChI=1S/C12H13ClFN3/c1-3-12-11(7-13)15-16-17(12)9-5-4-8(2)10(14)6-9/h4-6H,3,7H2,1-2H3. The monoisotopic (exact) mass is 253 g/mol. The number of nitrogens with zero attached hydrogens (tertiary/aromatic N) is 3. The van der Waals surface area contributed by atoms with Crippen LogP contribution in [0, 0.1) is 12.7 Å². The highest BCUT2D eigenvalue weighted by molar-refractivity contribution is 6.16. The number of hydrogen-bond donors (Lipinski definition) is 0. The average Bonchev–Trinajstić information content (AvgIpc) is 2.75. The van der Waals surface area contributed by atoms with E-state index in [9.17, 15) is 4.39 Å². The molecular formula is C12H13ClFN3. The van der Waals surface area contributed by atoms with Crippen LogP contribution >= 0.6 is 11.6 Å². The minimum absolute atomic E-state index is 0.243. The summed E-state index contributed by atoms with van der Waals surface area (Å²) in [6.07, 6.45) is 0.755. The van der Waals surface area contributed by atoms with Gasteiger partial charge in [0.25, 0.3) is 0 Å². The molecule has 0 aliphatic rings. The average molecular weight is 254 g/mol. The molecule has 0 amide bonds. The maximum atomic E-state index is 13.5. The lowest BCUT2D eigenvalue weighted by molar-refractivity contribution is 0.615. The number of alkyl halides is 1. The second-order valence-corrected chi connectivity index (χ2v) is 4.08. The molecule has 0 saturated carbocycles. The predicted octanol–water partition coefficient (Wildman–Crippen LogP) is 3.02. The fourth-order valence-corrected chi connectivity index (χ4v) is 1.92. The topological polar surface area (TPSA) is 30.7 Å². The van der Waals surface area contributed by atoms with E-state index in [1.807, 2.05) is 13.0 Å². The molecule has 1 aromatic heterocycles. The lowest BCUT2D eigenvalue weighted by atomic mass is 10.2. The van der Waals surface area contributed by atoms with Crippen molar-refractivity contribution < 1.29 is 4.39 Å². The third-order valence-corrected chi connectivity index (χ3v) is 2.96. The molecule has 0 radical (unpaired) electrons. The molecule has 2 aromatic rings. The predicted molar refractivity (Wildman–Crippen MR) is 65.0 cm³/mol. The van der Waals surface area contributed by atoms with Crippen molar-refractivity contribution in [3.8, 4) is 5.69 Å². The molecule has 5 heteroatoms. The summed E-state index contributed by atoms with van der Waals surface area (Å²) >= 11 is 5.78. The third kappa shape index (κ3) is 2.17. The summed E-state index contributed by atoms with van der Waals surface area (Å²) in [5.41, 5.74) is 2.96. The normalized spacial score (nSPS) is 10.8. The molecule has 90 valence electrons. The van der Waals surface area contributed by atoms with E-state index in [2.05, 4.69) is 10.3 Å². The molecule has 0 aliphatic carbocycles. The molecule has 1 heterocycles. The quantitative estimate of drug-likeness (QED) is 0.788. The molecule has 0 saturated heterocycles. The lowest BCUT2D eigenvalue weighted by Gasteiger charge is -2.06. The number of benzene rings is 1. The Morgan fingerprint density at radius 2 is 2.18 bits per heavy atom. The van der Waals surface area contributed by atoms with Gasteiger partial charge in [0.15, 0.2) is 0 Å². The first-order chi connectivity index (χ1) is 8.17. The lowest BCUT2D eigenvalue weighted by Crippen LogP contribution is -2.03. The van der Waals surface area contributed by atoms with Gasteiger partial charge in [-0.25, -0.2) is 9.07 Å². The minimum Gasteiger partial charge on any atom is -0.217 e. The Bertz CT molecular complexity index is 537. The van der Waals surface area contributed by atoms with Crippen molar-refractivity contribution in [3.63, 3.8) is 0 Å². The van der Waals surface area contributed by atoms with Gasteiger partial charge in [0, 0.05) is 0 Å². The van der Waals surface area contributed by atoms with Crippen molar-refractivity contribution in [1.82, 2.24) is 15.0 Å². The van der Waals surface area contributed by atoms with Gasteiger partial charge in [-0.2, -0.15) is 0 Å². The summed E-state index contributed by atoms with van der Waals surface area (Å²) < 4.78 is 15.1. The van der Waals surface area contributed by atoms with Crippen LogP contribution in [0.15, 0.2) is 18.2 Å². The molecule has 0 N–H and O–H groups in total. The molecule has 0 atom stereocenters. The fourth-order valence-electron chi connectivity index (χ4n) is 1.71. The molecule has 0 bridgehead atoms. The van der Waals surface area contributed by atoms with Crippen LogP contribution < -0.4 is 0 Å². The third-order valence-electron chi connectivity index (χ3n) is 2.71. The zero-order chi connectivity index (χ0) is 12.4. The van der Waals surface area contributed by atoms with Crippen LogP contribution in [0.1, 0.15) is 23.9 Å².